The van der Waals surface area contributed by atoms with Crippen molar-refractivity contribution in [1.82, 2.24) is 0 Å². The van der Waals surface area contributed by atoms with Gasteiger partial charge >= 0.3 is 5.97 Å². The molecule has 0 N–H and O–H groups in total. The summed E-state index contributed by atoms with van der Waals surface area (Å²) < 4.78 is 30.6. The Morgan fingerprint density at radius 1 is 1.13 bits per heavy atom. The lowest BCUT2D eigenvalue weighted by atomic mass is 9.81. The molecule has 1 unspecified atom stereocenters. The van der Waals surface area contributed by atoms with Crippen molar-refractivity contribution < 1.29 is 17.9 Å². The molecule has 31 heavy (non-hydrogen) atoms. The molecule has 0 aliphatic carbocycles. The summed E-state index contributed by atoms with van der Waals surface area (Å²) in [5.74, 6) is -0.796. The molecule has 1 aromatic carbocycles. The zero-order valence-electron chi connectivity index (χ0n) is 20.5. The largest absolute Gasteiger partial charge is 0.465 e. The highest BCUT2D eigenvalue weighted by atomic mass is 32.2. The molecular formula is C26H38O4S. The van der Waals surface area contributed by atoms with Gasteiger partial charge < -0.3 is 4.74 Å². The van der Waals surface area contributed by atoms with Crippen LogP contribution in [0.4, 0.5) is 0 Å². The van der Waals surface area contributed by atoms with E-state index in [0.29, 0.717) is 5.56 Å². The summed E-state index contributed by atoms with van der Waals surface area (Å²) in [6.45, 7) is 19.8. The van der Waals surface area contributed by atoms with E-state index < -0.39 is 21.7 Å². The Morgan fingerprint density at radius 2 is 1.71 bits per heavy atom. The summed E-state index contributed by atoms with van der Waals surface area (Å²) >= 11 is 0. The maximum atomic E-state index is 12.6. The van der Waals surface area contributed by atoms with E-state index in [2.05, 4.69) is 48.1 Å². The third-order valence-electron chi connectivity index (χ3n) is 5.20. The van der Waals surface area contributed by atoms with Crippen LogP contribution in [0.25, 0.3) is 0 Å². The Hall–Kier alpha value is -2.14. The van der Waals surface area contributed by atoms with Crippen LogP contribution in [0.15, 0.2) is 59.0 Å². The van der Waals surface area contributed by atoms with Crippen LogP contribution in [-0.2, 0) is 24.8 Å². The average Bonchev–Trinajstić information content (AvgIpc) is 2.58. The summed E-state index contributed by atoms with van der Waals surface area (Å²) in [5, 5.41) is 0. The van der Waals surface area contributed by atoms with Crippen molar-refractivity contribution in [3.05, 3.63) is 65.3 Å². The van der Waals surface area contributed by atoms with Gasteiger partial charge in [-0.1, -0.05) is 84.1 Å². The molecule has 0 fully saturated rings. The van der Waals surface area contributed by atoms with Gasteiger partial charge in [-0.25, -0.2) is 8.42 Å². The molecule has 5 heteroatoms. The van der Waals surface area contributed by atoms with Gasteiger partial charge in [-0.3, -0.25) is 4.79 Å². The SMILES string of the molecule is C=C/C=C(\C=C(/C)C(COC(C)=O)c1cc(C(C)(C)C)ccc1S(C)(=O)=O)C(C)(C)C. The molecule has 1 atom stereocenters. The van der Waals surface area contributed by atoms with Crippen LogP contribution in [0.5, 0.6) is 0 Å². The molecule has 172 valence electrons. The fraction of sp³-hybridized carbons (Fsp3) is 0.500. The molecule has 0 aliphatic heterocycles. The van der Waals surface area contributed by atoms with Crippen LogP contribution >= 0.6 is 0 Å². The second-order valence-corrected chi connectivity index (χ2v) is 12.1. The number of hydrogen-bond donors (Lipinski definition) is 0. The number of carbonyl (C=O) groups is 1. The van der Waals surface area contributed by atoms with Gasteiger partial charge in [0.25, 0.3) is 0 Å². The molecule has 0 aromatic heterocycles. The highest BCUT2D eigenvalue weighted by Gasteiger charge is 2.27. The van der Waals surface area contributed by atoms with Gasteiger partial charge in [0.15, 0.2) is 9.84 Å². The van der Waals surface area contributed by atoms with E-state index in [1.54, 1.807) is 12.1 Å². The number of ether oxygens (including phenoxy) is 1. The molecule has 1 aromatic rings. The first-order chi connectivity index (χ1) is 14.0. The van der Waals surface area contributed by atoms with Gasteiger partial charge in [-0.2, -0.15) is 0 Å². The van der Waals surface area contributed by atoms with E-state index in [9.17, 15) is 13.2 Å². The maximum Gasteiger partial charge on any atom is 0.302 e. The van der Waals surface area contributed by atoms with Crippen LogP contribution in [-0.4, -0.2) is 27.2 Å². The number of rotatable bonds is 7. The van der Waals surface area contributed by atoms with Crippen molar-refractivity contribution in [2.24, 2.45) is 5.41 Å². The quantitative estimate of drug-likeness (QED) is 0.373. The van der Waals surface area contributed by atoms with Gasteiger partial charge in [0, 0.05) is 19.1 Å². The van der Waals surface area contributed by atoms with Crippen molar-refractivity contribution in [3.8, 4) is 0 Å². The van der Waals surface area contributed by atoms with Gasteiger partial charge in [0.1, 0.15) is 6.61 Å². The average molecular weight is 447 g/mol. The first-order valence-corrected chi connectivity index (χ1v) is 12.4. The molecule has 4 nitrogen and oxygen atoms in total. The lowest BCUT2D eigenvalue weighted by Crippen LogP contribution is -2.19. The van der Waals surface area contributed by atoms with E-state index in [4.69, 9.17) is 4.74 Å². The van der Waals surface area contributed by atoms with Crippen LogP contribution < -0.4 is 0 Å². The lowest BCUT2D eigenvalue weighted by Gasteiger charge is -2.27. The Labute approximate surface area is 189 Å². The predicted molar refractivity (Wildman–Crippen MR) is 129 cm³/mol. The Morgan fingerprint density at radius 3 is 2.13 bits per heavy atom. The van der Waals surface area contributed by atoms with Gasteiger partial charge in [-0.05, 0) is 40.5 Å². The summed E-state index contributed by atoms with van der Waals surface area (Å²) in [7, 11) is -3.48. The van der Waals surface area contributed by atoms with E-state index in [1.807, 2.05) is 31.2 Å². The number of sulfone groups is 1. The van der Waals surface area contributed by atoms with Crippen LogP contribution in [0.3, 0.4) is 0 Å². The third kappa shape index (κ3) is 7.80. The Bertz CT molecular complexity index is 981. The third-order valence-corrected chi connectivity index (χ3v) is 6.37. The first kappa shape index (κ1) is 26.9. The monoisotopic (exact) mass is 446 g/mol. The van der Waals surface area contributed by atoms with Crippen molar-refractivity contribution in [3.63, 3.8) is 0 Å². The zero-order valence-corrected chi connectivity index (χ0v) is 21.3. The van der Waals surface area contributed by atoms with Crippen LogP contribution in [0, 0.1) is 5.41 Å². The van der Waals surface area contributed by atoms with Crippen LogP contribution in [0.2, 0.25) is 0 Å². The molecule has 0 heterocycles. The molecule has 0 amide bonds. The van der Waals surface area contributed by atoms with E-state index in [0.717, 1.165) is 16.7 Å². The molecule has 0 saturated heterocycles. The fourth-order valence-corrected chi connectivity index (χ4v) is 4.22. The smallest absolute Gasteiger partial charge is 0.302 e. The van der Waals surface area contributed by atoms with Gasteiger partial charge in [0.05, 0.1) is 4.90 Å². The maximum absolute atomic E-state index is 12.6. The minimum atomic E-state index is -3.48. The summed E-state index contributed by atoms with van der Waals surface area (Å²) in [5.41, 5.74) is 3.35. The molecule has 0 spiro atoms. The summed E-state index contributed by atoms with van der Waals surface area (Å²) in [6.07, 6.45) is 6.96. The molecule has 0 aliphatic rings. The minimum absolute atomic E-state index is 0.0687. The summed E-state index contributed by atoms with van der Waals surface area (Å²) in [6, 6.07) is 5.47. The van der Waals surface area contributed by atoms with E-state index in [-0.39, 0.29) is 22.3 Å². The number of benzene rings is 1. The van der Waals surface area contributed by atoms with E-state index >= 15 is 0 Å². The second kappa shape index (κ2) is 9.99. The topological polar surface area (TPSA) is 60.4 Å². The number of carbonyl (C=O) groups excluding carboxylic acids is 1. The lowest BCUT2D eigenvalue weighted by molar-refractivity contribution is -0.141. The number of hydrogen-bond acceptors (Lipinski definition) is 4. The van der Waals surface area contributed by atoms with E-state index in [1.165, 1.54) is 13.2 Å². The number of allylic oxidation sites excluding steroid dienone is 4. The first-order valence-electron chi connectivity index (χ1n) is 10.5. The molecule has 0 saturated carbocycles. The summed E-state index contributed by atoms with van der Waals surface area (Å²) in [4.78, 5) is 11.9. The van der Waals surface area contributed by atoms with Crippen molar-refractivity contribution >= 4 is 15.8 Å². The van der Waals surface area contributed by atoms with Crippen molar-refractivity contribution in [2.45, 2.75) is 71.6 Å². The predicted octanol–water partition coefficient (Wildman–Crippen LogP) is 6.14. The Balaban J connectivity index is 3.82. The van der Waals surface area contributed by atoms with Gasteiger partial charge in [0.2, 0.25) is 0 Å². The zero-order chi connectivity index (χ0) is 24.2. The molecular weight excluding hydrogens is 408 g/mol. The molecule has 0 radical (unpaired) electrons. The molecule has 1 rings (SSSR count). The normalized spacial score (nSPS) is 14.9. The van der Waals surface area contributed by atoms with Crippen LogP contribution in [0.1, 0.15) is 72.4 Å². The fourth-order valence-electron chi connectivity index (χ4n) is 3.28. The van der Waals surface area contributed by atoms with Gasteiger partial charge in [-0.15, -0.1) is 0 Å². The Kier molecular flexibility index (Phi) is 8.67. The highest BCUT2D eigenvalue weighted by Crippen LogP contribution is 2.36. The van der Waals surface area contributed by atoms with Crippen molar-refractivity contribution in [2.75, 3.05) is 12.9 Å². The number of esters is 1. The minimum Gasteiger partial charge on any atom is -0.465 e. The molecule has 0 bridgehead atoms. The second-order valence-electron chi connectivity index (χ2n) is 10.1. The standard InChI is InChI=1S/C26H38O4S/c1-11-12-20(25(4,5)6)15-18(2)23(17-30-19(3)27)22-16-21(26(7,8)9)13-14-24(22)31(10,28)29/h11-16,23H,1,17H2,2-10H3/b18-15+,20-12+. The van der Waals surface area contributed by atoms with Crippen molar-refractivity contribution in [1.29, 1.82) is 0 Å². The highest BCUT2D eigenvalue weighted by molar-refractivity contribution is 7.90.